The van der Waals surface area contributed by atoms with E-state index in [1.54, 1.807) is 44.1 Å². The van der Waals surface area contributed by atoms with Gasteiger partial charge in [-0.25, -0.2) is 0 Å². The van der Waals surface area contributed by atoms with Crippen LogP contribution in [-0.2, 0) is 57.5 Å². The van der Waals surface area contributed by atoms with E-state index in [0.717, 1.165) is 43.5 Å². The van der Waals surface area contributed by atoms with Gasteiger partial charge in [-0.1, -0.05) is 236 Å². The minimum absolute atomic E-state index is 0.0140. The lowest BCUT2D eigenvalue weighted by Gasteiger charge is -2.25. The smallest absolute Gasteiger partial charge is 0.246 e. The first-order valence-corrected chi connectivity index (χ1v) is 39.0. The van der Waals surface area contributed by atoms with E-state index in [2.05, 4.69) is 145 Å². The van der Waals surface area contributed by atoms with Crippen molar-refractivity contribution in [3.63, 3.8) is 0 Å². The molecule has 0 saturated heterocycles. The second kappa shape index (κ2) is 65.0. The van der Waals surface area contributed by atoms with Crippen LogP contribution in [0.5, 0.6) is 0 Å². The predicted octanol–water partition coefficient (Wildman–Crippen LogP) is 20.3. The molecule has 650 valence electrons. The molecule has 0 aliphatic rings. The van der Waals surface area contributed by atoms with Gasteiger partial charge in [0.1, 0.15) is 5.78 Å². The highest BCUT2D eigenvalue weighted by Gasteiger charge is 2.24. The Morgan fingerprint density at radius 1 is 0.429 bits per heavy atom. The molecule has 0 heterocycles. The summed E-state index contributed by atoms with van der Waals surface area (Å²) < 4.78 is 0. The number of alkyl halides is 1. The minimum Gasteiger partial charge on any atom is -0.352 e. The van der Waals surface area contributed by atoms with E-state index in [1.165, 1.54) is 41.4 Å². The number of halogens is 1. The van der Waals surface area contributed by atoms with Gasteiger partial charge in [-0.15, -0.1) is 11.6 Å². The zero-order chi connectivity index (χ0) is 92.3. The minimum atomic E-state index is -0.393. The fourth-order valence-corrected chi connectivity index (χ4v) is 6.79. The normalized spacial score (nSPS) is 10.9. The molecule has 0 aromatic rings. The molecule has 0 aromatic carbocycles. The van der Waals surface area contributed by atoms with Gasteiger partial charge < -0.3 is 30.7 Å². The zero-order valence-corrected chi connectivity index (χ0v) is 79.8. The van der Waals surface area contributed by atoms with Crippen molar-refractivity contribution in [1.29, 1.82) is 0 Å². The average Bonchev–Trinajstić information content (AvgIpc) is 0.730. The molecule has 0 aliphatic carbocycles. The van der Waals surface area contributed by atoms with Crippen LogP contribution in [0.3, 0.4) is 0 Å². The van der Waals surface area contributed by atoms with Crippen molar-refractivity contribution in [2.45, 2.75) is 292 Å². The largest absolute Gasteiger partial charge is 0.352 e. The molecule has 0 rings (SSSR count). The first-order chi connectivity index (χ1) is 49.7. The predicted molar refractivity (Wildman–Crippen MR) is 481 cm³/mol. The molecule has 0 unspecified atom stereocenters. The monoisotopic (exact) mass is 1600 g/mol. The lowest BCUT2D eigenvalue weighted by molar-refractivity contribution is -0.133. The first kappa shape index (κ1) is 128. The van der Waals surface area contributed by atoms with Gasteiger partial charge in [0.05, 0.1) is 12.4 Å². The number of Topliss-reactive ketones (excluding diaryl/α,β-unsaturated/α-hetero) is 3. The summed E-state index contributed by atoms with van der Waals surface area (Å²) in [5, 5.41) is 8.28. The van der Waals surface area contributed by atoms with Crippen LogP contribution in [0.1, 0.15) is 281 Å². The van der Waals surface area contributed by atoms with Crippen molar-refractivity contribution in [1.82, 2.24) is 30.7 Å². The Labute approximate surface area is 692 Å². The van der Waals surface area contributed by atoms with Crippen LogP contribution in [0.4, 0.5) is 0 Å². The molecule has 5 amide bonds. The van der Waals surface area contributed by atoms with E-state index < -0.39 is 5.41 Å². The zero-order valence-electron chi connectivity index (χ0n) is 79.1. The molecular formula is C93H169ClN6O12. The Morgan fingerprint density at radius 2 is 0.821 bits per heavy atom. The number of hydrogen-bond acceptors (Lipinski definition) is 13. The number of allylic oxidation sites excluding steroid dienone is 7. The van der Waals surface area contributed by atoms with Gasteiger partial charge in [0, 0.05) is 91.8 Å². The van der Waals surface area contributed by atoms with Gasteiger partial charge >= 0.3 is 0 Å². The highest BCUT2D eigenvalue weighted by Crippen LogP contribution is 2.23. The number of hydrogen-bond donors (Lipinski definition) is 3. The summed E-state index contributed by atoms with van der Waals surface area (Å²) in [7, 11) is 7.31. The van der Waals surface area contributed by atoms with Gasteiger partial charge in [0.15, 0.2) is 34.7 Å². The molecule has 3 N–H and O–H groups in total. The second-order valence-electron chi connectivity index (χ2n) is 38.4. The first-order valence-electron chi connectivity index (χ1n) is 38.4. The van der Waals surface area contributed by atoms with Gasteiger partial charge in [0.2, 0.25) is 29.5 Å². The van der Waals surface area contributed by atoms with E-state index in [0.29, 0.717) is 30.4 Å². The molecule has 0 aliphatic heterocycles. The number of nitrogens with one attached hydrogen (secondary N) is 3. The van der Waals surface area contributed by atoms with Crippen molar-refractivity contribution >= 4 is 81.6 Å². The van der Waals surface area contributed by atoms with Crippen LogP contribution in [0, 0.1) is 49.7 Å². The Kier molecular flexibility index (Phi) is 74.4. The van der Waals surface area contributed by atoms with Gasteiger partial charge in [-0.2, -0.15) is 0 Å². The van der Waals surface area contributed by atoms with E-state index in [4.69, 9.17) is 11.6 Å². The molecule has 0 saturated carbocycles. The van der Waals surface area contributed by atoms with Crippen LogP contribution in [0.15, 0.2) is 124 Å². The molecule has 0 fully saturated rings. The van der Waals surface area contributed by atoms with Crippen LogP contribution >= 0.6 is 11.6 Å². The maximum atomic E-state index is 11.5. The third kappa shape index (κ3) is 114. The Balaban J connectivity index is -0.000000112. The fourth-order valence-electron chi connectivity index (χ4n) is 6.48. The molecule has 18 nitrogen and oxygen atoms in total. The second-order valence-corrected chi connectivity index (χ2v) is 38.7. The van der Waals surface area contributed by atoms with E-state index >= 15 is 0 Å². The molecule has 0 atom stereocenters. The summed E-state index contributed by atoms with van der Waals surface area (Å²) in [6.45, 7) is 97.2. The number of amides is 5. The number of likely N-dealkylation sites (N-methyl/N-ethyl adjacent to an activating group) is 3. The third-order valence-corrected chi connectivity index (χ3v) is 13.1. The molecule has 0 radical (unpaired) electrons. The van der Waals surface area contributed by atoms with Gasteiger partial charge in [-0.05, 0) is 185 Å². The quantitative estimate of drug-likeness (QED) is 0.0601. The summed E-state index contributed by atoms with van der Waals surface area (Å²) in [5.41, 5.74) is 2.58. The molecular weight excluding hydrogens is 1430 g/mol. The van der Waals surface area contributed by atoms with E-state index in [1.807, 2.05) is 184 Å². The van der Waals surface area contributed by atoms with Crippen molar-refractivity contribution in [2.24, 2.45) is 49.7 Å². The molecule has 112 heavy (non-hydrogen) atoms. The highest BCUT2D eigenvalue weighted by molar-refractivity contribution is 6.27. The fraction of sp³-hybridized carbons (Fsp3) is 0.656. The Hall–Kier alpha value is -7.31. The summed E-state index contributed by atoms with van der Waals surface area (Å²) in [5.74, 6) is 0.882. The number of carbonyl (C=O) groups is 12. The molecule has 0 aromatic heterocycles. The lowest BCUT2D eigenvalue weighted by atomic mass is 9.89. The SMILES string of the molecule is C=C(C)C(=O)C(C)C.C=CC(=O)C(C)(C)C.C=CC(=O)CCCC(C)(C)C.C=CC(=O)N(C)CC(=O)C(C)(C)C.C=CC(=O)N(C)CC(C)(C)C.C=CC(=O)NC(C)(C)C.C=CC(=O)NCC(C)(C)C.CC(C)=CC(=O)C(C)(C)C.CC(C)=CC(=O)CCC(C)(C)C.CC(C)C(=O)CCl.CN(C)C/C=C/C(=O)NC(C)(C)C. The van der Waals surface area contributed by atoms with Crippen molar-refractivity contribution < 1.29 is 57.5 Å². The molecule has 0 spiro atoms. The lowest BCUT2D eigenvalue weighted by Crippen LogP contribution is -2.39. The third-order valence-electron chi connectivity index (χ3n) is 12.9. The van der Waals surface area contributed by atoms with Gasteiger partial charge in [-0.3, -0.25) is 57.5 Å². The Morgan fingerprint density at radius 3 is 1.04 bits per heavy atom. The summed E-state index contributed by atoms with van der Waals surface area (Å²) in [6, 6.07) is 0. The van der Waals surface area contributed by atoms with Crippen molar-refractivity contribution in [2.75, 3.05) is 60.2 Å². The van der Waals surface area contributed by atoms with Crippen LogP contribution < -0.4 is 16.0 Å². The number of nitrogens with zero attached hydrogens (tertiary/aromatic N) is 3. The summed E-state index contributed by atoms with van der Waals surface area (Å²) >= 11 is 5.20. The van der Waals surface area contributed by atoms with Crippen molar-refractivity contribution in [3.05, 3.63) is 124 Å². The van der Waals surface area contributed by atoms with Crippen LogP contribution in [0.25, 0.3) is 0 Å². The van der Waals surface area contributed by atoms with Crippen LogP contribution in [-0.4, -0.2) is 156 Å². The molecule has 19 heteroatoms. The maximum absolute atomic E-state index is 11.5. The van der Waals surface area contributed by atoms with Crippen molar-refractivity contribution in [3.8, 4) is 0 Å². The average molecular weight is 1600 g/mol. The number of carbonyl (C=O) groups excluding carboxylic acids is 12. The number of ketones is 7. The Bertz CT molecular complexity index is 2950. The van der Waals surface area contributed by atoms with Crippen LogP contribution in [0.2, 0.25) is 0 Å². The van der Waals surface area contributed by atoms with E-state index in [9.17, 15) is 57.5 Å². The van der Waals surface area contributed by atoms with E-state index in [-0.39, 0.29) is 132 Å². The number of rotatable bonds is 24. The van der Waals surface area contributed by atoms with Gasteiger partial charge in [0.25, 0.3) is 0 Å². The molecule has 0 bridgehead atoms. The maximum Gasteiger partial charge on any atom is 0.246 e. The summed E-state index contributed by atoms with van der Waals surface area (Å²) in [4.78, 5) is 136. The summed E-state index contributed by atoms with van der Waals surface area (Å²) in [6.07, 6.45) is 19.1. The standard InChI is InChI=1S/C11H20O.C10H20N2O.C10H17NO2.C10H18O.C9H17NO.C9H16O.C8H15NO.C7H13NO.2C7H12O.C5H9ClO/c1-9(2)8-10(12)6-7-11(3,4)5;1-10(2,3)11-9(13)7-6-8-12(4)5;1-6-9(13)11(5)7-8(12)10(2,3)4;1-5-9(11)7-6-8-10(2,3)4;1-6-8(11)10(5)7-9(2,3)4;1-7(2)6-8(10)9(3,4)5;1-5-7(10)9-6-8(2,3)4;1-5-6(9)8-7(2,3)4;1-5-6(8)7(2,3)4;1-5(2)7(8)6(3)4;1-4(2)5(7)3-6/h8H,6-7H2,1-5H3;6-7H,8H2,1-5H3,(H,11,13);6H,1,7H2,2-5H3;5H,1,6-8H2,2-4H3;6H,1,7H2,2-5H3;6H,1-5H3;5H,1,6H2,2-4H3,(H,9,10);5H,1H2,2-4H3,(H,8,9);5H,1H2,2-4H3;6H,1H2,2-4H3;4H,3H2,1-2H3/b;7-6+;;;;;;;;;. The topological polar surface area (TPSA) is 251 Å². The highest BCUT2D eigenvalue weighted by atomic mass is 35.5.